The van der Waals surface area contributed by atoms with Crippen LogP contribution in [0.15, 0.2) is 24.3 Å². The lowest BCUT2D eigenvalue weighted by Crippen LogP contribution is -2.38. The highest BCUT2D eigenvalue weighted by molar-refractivity contribution is 5.81. The first-order chi connectivity index (χ1) is 12.2. The monoisotopic (exact) mass is 378 g/mol. The minimum atomic E-state index is -4.94. The molecule has 1 unspecified atom stereocenters. The number of ether oxygens (including phenoxy) is 3. The maximum atomic E-state index is 12.1. The van der Waals surface area contributed by atoms with Gasteiger partial charge in [0.2, 0.25) is 5.91 Å². The van der Waals surface area contributed by atoms with E-state index >= 15 is 0 Å². The summed E-state index contributed by atoms with van der Waals surface area (Å²) in [5.41, 5.74) is 0.607. The Labute approximate surface area is 148 Å². The van der Waals surface area contributed by atoms with E-state index in [1.54, 1.807) is 29.6 Å². The van der Waals surface area contributed by atoms with Gasteiger partial charge in [0, 0.05) is 25.6 Å². The predicted molar refractivity (Wildman–Crippen MR) is 85.4 cm³/mol. The highest BCUT2D eigenvalue weighted by Crippen LogP contribution is 2.21. The second kappa shape index (κ2) is 10.6. The van der Waals surface area contributed by atoms with Crippen molar-refractivity contribution >= 4 is 11.8 Å². The van der Waals surface area contributed by atoms with E-state index in [9.17, 15) is 22.8 Å². The molecule has 2 amide bonds. The zero-order valence-corrected chi connectivity index (χ0v) is 14.4. The largest absolute Gasteiger partial charge is 0.497 e. The van der Waals surface area contributed by atoms with Gasteiger partial charge in [-0.2, -0.15) is 13.2 Å². The molecule has 146 valence electrons. The summed E-state index contributed by atoms with van der Waals surface area (Å²) in [4.78, 5) is 21.6. The van der Waals surface area contributed by atoms with Crippen LogP contribution in [-0.2, 0) is 19.1 Å². The molecule has 0 heterocycles. The van der Waals surface area contributed by atoms with Crippen LogP contribution in [0.3, 0.4) is 0 Å². The molecule has 0 bridgehead atoms. The lowest BCUT2D eigenvalue weighted by Gasteiger charge is -2.20. The SMILES string of the molecule is COc1ccc(C(OCCNC(C)=O)OCCNC(=O)C(F)(F)F)cc1. The molecule has 0 aliphatic carbocycles. The van der Waals surface area contributed by atoms with Crippen LogP contribution in [-0.4, -0.2) is 51.4 Å². The summed E-state index contributed by atoms with van der Waals surface area (Å²) in [5.74, 6) is -1.64. The van der Waals surface area contributed by atoms with Gasteiger partial charge < -0.3 is 24.8 Å². The molecule has 1 aromatic carbocycles. The third kappa shape index (κ3) is 8.17. The van der Waals surface area contributed by atoms with Crippen LogP contribution < -0.4 is 15.4 Å². The Bertz CT molecular complexity index is 578. The Morgan fingerprint density at radius 1 is 1.04 bits per heavy atom. The van der Waals surface area contributed by atoms with Gasteiger partial charge in [0.25, 0.3) is 0 Å². The smallest absolute Gasteiger partial charge is 0.471 e. The van der Waals surface area contributed by atoms with Crippen molar-refractivity contribution in [1.29, 1.82) is 0 Å². The minimum absolute atomic E-state index is 0.130. The van der Waals surface area contributed by atoms with E-state index in [0.717, 1.165) is 0 Å². The fourth-order valence-corrected chi connectivity index (χ4v) is 1.83. The Kier molecular flexibility index (Phi) is 8.86. The van der Waals surface area contributed by atoms with E-state index in [-0.39, 0.29) is 32.2 Å². The van der Waals surface area contributed by atoms with Crippen molar-refractivity contribution < 1.29 is 37.0 Å². The van der Waals surface area contributed by atoms with Gasteiger partial charge >= 0.3 is 12.1 Å². The second-order valence-electron chi connectivity index (χ2n) is 5.08. The maximum absolute atomic E-state index is 12.1. The predicted octanol–water partition coefficient (Wildman–Crippen LogP) is 1.54. The van der Waals surface area contributed by atoms with Crippen molar-refractivity contribution in [2.24, 2.45) is 0 Å². The first kappa shape index (κ1) is 21.7. The van der Waals surface area contributed by atoms with Crippen molar-refractivity contribution in [2.75, 3.05) is 33.4 Å². The van der Waals surface area contributed by atoms with Gasteiger partial charge in [-0.25, -0.2) is 0 Å². The molecule has 10 heteroatoms. The van der Waals surface area contributed by atoms with Crippen LogP contribution in [0, 0.1) is 0 Å². The van der Waals surface area contributed by atoms with Gasteiger partial charge in [-0.3, -0.25) is 9.59 Å². The molecule has 26 heavy (non-hydrogen) atoms. The van der Waals surface area contributed by atoms with Crippen molar-refractivity contribution in [3.05, 3.63) is 29.8 Å². The number of carbonyl (C=O) groups is 2. The summed E-state index contributed by atoms with van der Waals surface area (Å²) in [6.45, 7) is 1.21. The van der Waals surface area contributed by atoms with Crippen LogP contribution >= 0.6 is 0 Å². The molecular weight excluding hydrogens is 357 g/mol. The molecule has 0 fully saturated rings. The average molecular weight is 378 g/mol. The van der Waals surface area contributed by atoms with Crippen LogP contribution in [0.4, 0.5) is 13.2 Å². The van der Waals surface area contributed by atoms with Crippen molar-refractivity contribution in [1.82, 2.24) is 10.6 Å². The molecule has 1 aromatic rings. The topological polar surface area (TPSA) is 85.9 Å². The molecule has 1 rings (SSSR count). The summed E-state index contributed by atoms with van der Waals surface area (Å²) in [7, 11) is 1.51. The number of benzene rings is 1. The molecule has 7 nitrogen and oxygen atoms in total. The van der Waals surface area contributed by atoms with E-state index in [0.29, 0.717) is 11.3 Å². The third-order valence-electron chi connectivity index (χ3n) is 3.05. The van der Waals surface area contributed by atoms with Gasteiger partial charge in [-0.05, 0) is 12.1 Å². The number of halogens is 3. The Morgan fingerprint density at radius 3 is 2.04 bits per heavy atom. The average Bonchev–Trinajstić information content (AvgIpc) is 2.59. The zero-order valence-electron chi connectivity index (χ0n) is 14.4. The molecule has 0 saturated carbocycles. The standard InChI is InChI=1S/C16H21F3N2O5/c1-11(22)20-7-9-25-14(12-3-5-13(24-2)6-4-12)26-10-8-21-15(23)16(17,18)19/h3-6,14H,7-10H2,1-2H3,(H,20,22)(H,21,23). The highest BCUT2D eigenvalue weighted by Gasteiger charge is 2.38. The minimum Gasteiger partial charge on any atom is -0.497 e. The van der Waals surface area contributed by atoms with Crippen LogP contribution in [0.25, 0.3) is 0 Å². The molecule has 0 spiro atoms. The first-order valence-electron chi connectivity index (χ1n) is 7.70. The second-order valence-corrected chi connectivity index (χ2v) is 5.08. The van der Waals surface area contributed by atoms with E-state index in [2.05, 4.69) is 5.32 Å². The lowest BCUT2D eigenvalue weighted by atomic mass is 10.2. The molecule has 2 N–H and O–H groups in total. The third-order valence-corrected chi connectivity index (χ3v) is 3.05. The van der Waals surface area contributed by atoms with Gasteiger partial charge in [0.05, 0.1) is 20.3 Å². The quantitative estimate of drug-likeness (QED) is 0.477. The lowest BCUT2D eigenvalue weighted by molar-refractivity contribution is -0.175. The Morgan fingerprint density at radius 2 is 1.58 bits per heavy atom. The molecule has 0 saturated heterocycles. The highest BCUT2D eigenvalue weighted by atomic mass is 19.4. The normalized spacial score (nSPS) is 12.3. The van der Waals surface area contributed by atoms with Crippen LogP contribution in [0.5, 0.6) is 5.75 Å². The van der Waals surface area contributed by atoms with E-state index in [1.807, 2.05) is 0 Å². The van der Waals surface area contributed by atoms with Crippen LogP contribution in [0.2, 0.25) is 0 Å². The zero-order chi connectivity index (χ0) is 19.6. The van der Waals surface area contributed by atoms with Crippen molar-refractivity contribution in [2.45, 2.75) is 19.4 Å². The van der Waals surface area contributed by atoms with Gasteiger partial charge in [0.1, 0.15) is 5.75 Å². The molecule has 0 aliphatic rings. The molecular formula is C16H21F3N2O5. The number of alkyl halides is 3. The molecule has 0 radical (unpaired) electrons. The van der Waals surface area contributed by atoms with E-state index in [1.165, 1.54) is 14.0 Å². The van der Waals surface area contributed by atoms with Gasteiger partial charge in [-0.1, -0.05) is 12.1 Å². The molecule has 0 aliphatic heterocycles. The van der Waals surface area contributed by atoms with Gasteiger partial charge in [0.15, 0.2) is 6.29 Å². The number of nitrogens with one attached hydrogen (secondary N) is 2. The van der Waals surface area contributed by atoms with Gasteiger partial charge in [-0.15, -0.1) is 0 Å². The van der Waals surface area contributed by atoms with Crippen molar-refractivity contribution in [3.8, 4) is 5.75 Å². The summed E-state index contributed by atoms with van der Waals surface area (Å²) in [6, 6.07) is 6.70. The number of hydrogen-bond donors (Lipinski definition) is 2. The fraction of sp³-hybridized carbons (Fsp3) is 0.500. The fourth-order valence-electron chi connectivity index (χ4n) is 1.83. The molecule has 1 atom stereocenters. The number of methoxy groups -OCH3 is 1. The summed E-state index contributed by atoms with van der Waals surface area (Å²) in [5, 5.41) is 4.26. The van der Waals surface area contributed by atoms with Crippen molar-refractivity contribution in [3.63, 3.8) is 0 Å². The summed E-state index contributed by atoms with van der Waals surface area (Å²) < 4.78 is 52.3. The Hall–Kier alpha value is -2.33. The van der Waals surface area contributed by atoms with E-state index in [4.69, 9.17) is 14.2 Å². The van der Waals surface area contributed by atoms with Crippen LogP contribution in [0.1, 0.15) is 18.8 Å². The maximum Gasteiger partial charge on any atom is 0.471 e. The number of hydrogen-bond acceptors (Lipinski definition) is 5. The van der Waals surface area contributed by atoms with E-state index < -0.39 is 18.4 Å². The number of amides is 2. The summed E-state index contributed by atoms with van der Waals surface area (Å²) in [6.07, 6.45) is -5.82. The Balaban J connectivity index is 2.56. The summed E-state index contributed by atoms with van der Waals surface area (Å²) >= 11 is 0. The first-order valence-corrected chi connectivity index (χ1v) is 7.70. The number of carbonyl (C=O) groups excluding carboxylic acids is 2. The number of rotatable bonds is 10. The molecule has 0 aromatic heterocycles.